The summed E-state index contributed by atoms with van der Waals surface area (Å²) in [6.07, 6.45) is 7.81. The van der Waals surface area contributed by atoms with Gasteiger partial charge in [-0.2, -0.15) is 0 Å². The van der Waals surface area contributed by atoms with Crippen LogP contribution in [0.5, 0.6) is 11.5 Å². The average Bonchev–Trinajstić information content (AvgIpc) is 2.46. The van der Waals surface area contributed by atoms with E-state index >= 15 is 0 Å². The lowest BCUT2D eigenvalue weighted by molar-refractivity contribution is 0.107. The van der Waals surface area contributed by atoms with Gasteiger partial charge >= 0.3 is 0 Å². The molecular formula is C19H25ClO2. The van der Waals surface area contributed by atoms with Crippen LogP contribution in [0.3, 0.4) is 0 Å². The van der Waals surface area contributed by atoms with Crippen molar-refractivity contribution in [3.05, 3.63) is 34.9 Å². The fourth-order valence-corrected chi connectivity index (χ4v) is 4.06. The van der Waals surface area contributed by atoms with Crippen molar-refractivity contribution in [1.82, 2.24) is 0 Å². The first kappa shape index (κ1) is 15.7. The number of phenolic OH excluding ortho intramolecular Hbond substituents is 1. The summed E-state index contributed by atoms with van der Waals surface area (Å²) in [5.74, 6) is 2.73. The summed E-state index contributed by atoms with van der Waals surface area (Å²) >= 11 is 5.74. The molecule has 3 rings (SSSR count). The van der Waals surface area contributed by atoms with Crippen LogP contribution in [0.2, 0.25) is 0 Å². The number of aryl methyl sites for hydroxylation is 1. The molecule has 0 aromatic heterocycles. The fraction of sp³-hybridized carbons (Fsp3) is 0.579. The summed E-state index contributed by atoms with van der Waals surface area (Å²) in [6.45, 7) is 4.35. The van der Waals surface area contributed by atoms with E-state index in [1.54, 1.807) is 0 Å². The van der Waals surface area contributed by atoms with E-state index < -0.39 is 0 Å². The maximum absolute atomic E-state index is 10.6. The van der Waals surface area contributed by atoms with Gasteiger partial charge in [0, 0.05) is 23.3 Å². The maximum atomic E-state index is 10.6. The van der Waals surface area contributed by atoms with Crippen molar-refractivity contribution in [2.45, 2.75) is 58.0 Å². The number of aromatic hydroxyl groups is 1. The Labute approximate surface area is 138 Å². The van der Waals surface area contributed by atoms with E-state index in [1.807, 2.05) is 6.07 Å². The zero-order chi connectivity index (χ0) is 15.7. The maximum Gasteiger partial charge on any atom is 0.127 e. The Morgan fingerprint density at radius 3 is 2.91 bits per heavy atom. The zero-order valence-corrected chi connectivity index (χ0v) is 14.2. The van der Waals surface area contributed by atoms with Crippen molar-refractivity contribution in [1.29, 1.82) is 0 Å². The second-order valence-electron chi connectivity index (χ2n) is 6.74. The number of rotatable bonds is 4. The third kappa shape index (κ3) is 2.99. The highest BCUT2D eigenvalue weighted by atomic mass is 35.5. The molecule has 1 aliphatic carbocycles. The highest BCUT2D eigenvalue weighted by Crippen LogP contribution is 2.50. The predicted molar refractivity (Wildman–Crippen MR) is 91.1 cm³/mol. The van der Waals surface area contributed by atoms with E-state index in [9.17, 15) is 5.11 Å². The first-order valence-corrected chi connectivity index (χ1v) is 8.89. The zero-order valence-electron chi connectivity index (χ0n) is 13.4. The Morgan fingerprint density at radius 2 is 2.14 bits per heavy atom. The highest BCUT2D eigenvalue weighted by molar-refractivity contribution is 6.17. The number of phenols is 1. The minimum absolute atomic E-state index is 0.208. The molecule has 3 atom stereocenters. The van der Waals surface area contributed by atoms with Crippen molar-refractivity contribution in [3.63, 3.8) is 0 Å². The molecule has 120 valence electrons. The molecule has 0 spiro atoms. The molecule has 2 aliphatic rings. The van der Waals surface area contributed by atoms with Crippen LogP contribution < -0.4 is 4.74 Å². The topological polar surface area (TPSA) is 29.5 Å². The third-order valence-electron chi connectivity index (χ3n) is 5.08. The van der Waals surface area contributed by atoms with Gasteiger partial charge in [0.15, 0.2) is 0 Å². The van der Waals surface area contributed by atoms with Crippen LogP contribution in [0.15, 0.2) is 23.8 Å². The minimum Gasteiger partial charge on any atom is -0.507 e. The van der Waals surface area contributed by atoms with E-state index in [2.05, 4.69) is 26.0 Å². The van der Waals surface area contributed by atoms with Crippen LogP contribution in [0.1, 0.15) is 56.6 Å². The van der Waals surface area contributed by atoms with Gasteiger partial charge in [-0.1, -0.05) is 11.6 Å². The van der Waals surface area contributed by atoms with E-state index in [4.69, 9.17) is 16.3 Å². The SMILES string of the molecule is CC1=C[C@H]2c3c(O)cc(CCCCCl)cc3OC(C)[C@@H]2CC1. The van der Waals surface area contributed by atoms with Gasteiger partial charge in [0.1, 0.15) is 11.5 Å². The van der Waals surface area contributed by atoms with Crippen LogP contribution in [0, 0.1) is 5.92 Å². The number of halogens is 1. The van der Waals surface area contributed by atoms with Gasteiger partial charge in [-0.25, -0.2) is 0 Å². The number of hydrogen-bond acceptors (Lipinski definition) is 2. The Balaban J connectivity index is 1.94. The number of fused-ring (bicyclic) bond motifs is 3. The Hall–Kier alpha value is -1.15. The number of benzene rings is 1. The van der Waals surface area contributed by atoms with Crippen molar-refractivity contribution in [2.24, 2.45) is 5.92 Å². The molecule has 0 fully saturated rings. The molecule has 1 aromatic carbocycles. The summed E-state index contributed by atoms with van der Waals surface area (Å²) in [6, 6.07) is 4.04. The van der Waals surface area contributed by atoms with Gasteiger partial charge in [0.2, 0.25) is 0 Å². The predicted octanol–water partition coefficient (Wildman–Crippen LogP) is 5.17. The molecule has 0 saturated heterocycles. The summed E-state index contributed by atoms with van der Waals surface area (Å²) < 4.78 is 6.15. The normalized spacial score (nSPS) is 26.7. The minimum atomic E-state index is 0.208. The summed E-state index contributed by atoms with van der Waals surface area (Å²) in [5, 5.41) is 10.6. The van der Waals surface area contributed by atoms with Crippen LogP contribution in [0.25, 0.3) is 0 Å². The van der Waals surface area contributed by atoms with Gasteiger partial charge < -0.3 is 9.84 Å². The molecule has 3 heteroatoms. The molecule has 1 aromatic rings. The van der Waals surface area contributed by atoms with Crippen LogP contribution in [0.4, 0.5) is 0 Å². The molecule has 1 aliphatic heterocycles. The molecule has 0 radical (unpaired) electrons. The average molecular weight is 321 g/mol. The van der Waals surface area contributed by atoms with Gasteiger partial charge in [0.25, 0.3) is 0 Å². The van der Waals surface area contributed by atoms with E-state index in [0.717, 1.165) is 49.0 Å². The monoisotopic (exact) mass is 320 g/mol. The van der Waals surface area contributed by atoms with E-state index in [-0.39, 0.29) is 6.10 Å². The first-order valence-electron chi connectivity index (χ1n) is 8.36. The number of hydrogen-bond donors (Lipinski definition) is 1. The Bertz CT molecular complexity index is 579. The van der Waals surface area contributed by atoms with Gasteiger partial charge in [-0.3, -0.25) is 0 Å². The quantitative estimate of drug-likeness (QED) is 0.471. The molecule has 1 heterocycles. The molecule has 0 saturated carbocycles. The van der Waals surface area contributed by atoms with Gasteiger partial charge in [0.05, 0.1) is 6.10 Å². The molecule has 0 bridgehead atoms. The number of ether oxygens (including phenoxy) is 1. The van der Waals surface area contributed by atoms with E-state index in [0.29, 0.717) is 23.5 Å². The Morgan fingerprint density at radius 1 is 1.32 bits per heavy atom. The second kappa shape index (κ2) is 6.54. The van der Waals surface area contributed by atoms with Crippen molar-refractivity contribution in [2.75, 3.05) is 5.88 Å². The first-order chi connectivity index (χ1) is 10.6. The number of unbranched alkanes of at least 4 members (excludes halogenated alkanes) is 1. The smallest absolute Gasteiger partial charge is 0.127 e. The lowest BCUT2D eigenvalue weighted by Crippen LogP contribution is -2.35. The van der Waals surface area contributed by atoms with Crippen LogP contribution in [-0.4, -0.2) is 17.1 Å². The lowest BCUT2D eigenvalue weighted by Gasteiger charge is -2.40. The van der Waals surface area contributed by atoms with Crippen molar-refractivity contribution >= 4 is 11.6 Å². The molecule has 2 nitrogen and oxygen atoms in total. The molecule has 1 unspecified atom stereocenters. The van der Waals surface area contributed by atoms with Gasteiger partial charge in [-0.15, -0.1) is 11.6 Å². The summed E-state index contributed by atoms with van der Waals surface area (Å²) in [7, 11) is 0. The van der Waals surface area contributed by atoms with Gasteiger partial charge in [-0.05, 0) is 63.6 Å². The highest BCUT2D eigenvalue weighted by Gasteiger charge is 2.38. The second-order valence-corrected chi connectivity index (χ2v) is 7.12. The number of allylic oxidation sites excluding steroid dienone is 2. The summed E-state index contributed by atoms with van der Waals surface area (Å²) in [4.78, 5) is 0. The molecule has 1 N–H and O–H groups in total. The molecular weight excluding hydrogens is 296 g/mol. The standard InChI is InChI=1S/C19H25ClO2/c1-12-6-7-15-13(2)22-18-11-14(5-3-4-8-20)10-17(21)19(18)16(15)9-12/h9-11,13,15-16,21H,3-8H2,1-2H3/t13?,15-,16+/m0/s1. The van der Waals surface area contributed by atoms with Crippen molar-refractivity contribution in [3.8, 4) is 11.5 Å². The fourth-order valence-electron chi connectivity index (χ4n) is 3.87. The largest absolute Gasteiger partial charge is 0.507 e. The number of alkyl halides is 1. The summed E-state index contributed by atoms with van der Waals surface area (Å²) in [5.41, 5.74) is 3.55. The van der Waals surface area contributed by atoms with E-state index in [1.165, 1.54) is 5.57 Å². The van der Waals surface area contributed by atoms with Crippen molar-refractivity contribution < 1.29 is 9.84 Å². The Kier molecular flexibility index (Phi) is 4.67. The molecule has 0 amide bonds. The third-order valence-corrected chi connectivity index (χ3v) is 5.34. The lowest BCUT2D eigenvalue weighted by atomic mass is 9.72. The molecule has 22 heavy (non-hydrogen) atoms. The van der Waals surface area contributed by atoms with Crippen LogP contribution >= 0.6 is 11.6 Å². The van der Waals surface area contributed by atoms with Crippen LogP contribution in [-0.2, 0) is 6.42 Å².